The molecule has 0 spiro atoms. The smallest absolute Gasteiger partial charge is 0.138 e. The molecule has 0 radical (unpaired) electrons. The quantitative estimate of drug-likeness (QED) is 0.736. The molecule has 0 N–H and O–H groups in total. The Morgan fingerprint density at radius 1 is 1.20 bits per heavy atom. The number of imidazole rings is 1. The first kappa shape index (κ1) is 12.8. The third-order valence-electron chi connectivity index (χ3n) is 2.90. The zero-order valence-corrected chi connectivity index (χ0v) is 11.7. The monoisotopic (exact) mass is 288 g/mol. The van der Waals surface area contributed by atoms with Crippen molar-refractivity contribution in [3.8, 4) is 11.5 Å². The van der Waals surface area contributed by atoms with Gasteiger partial charge in [0.25, 0.3) is 0 Å². The number of hydrogen-bond acceptors (Lipinski definition) is 3. The molecule has 102 valence electrons. The molecule has 0 amide bonds. The molecular weight excluding hydrogens is 276 g/mol. The number of methoxy groups -OCH3 is 1. The first-order chi connectivity index (χ1) is 9.74. The molecule has 0 aliphatic heterocycles. The zero-order chi connectivity index (χ0) is 13.9. The summed E-state index contributed by atoms with van der Waals surface area (Å²) in [6.45, 7) is 0.395. The maximum Gasteiger partial charge on any atom is 0.138 e. The fraction of sp³-hybridized carbons (Fsp3) is 0.133. The van der Waals surface area contributed by atoms with Crippen LogP contribution in [-0.2, 0) is 6.61 Å². The van der Waals surface area contributed by atoms with E-state index in [-0.39, 0.29) is 0 Å². The van der Waals surface area contributed by atoms with Crippen LogP contribution in [0.4, 0.5) is 0 Å². The third kappa shape index (κ3) is 2.70. The number of hydrogen-bond donors (Lipinski definition) is 0. The Morgan fingerprint density at radius 3 is 2.90 bits per heavy atom. The van der Waals surface area contributed by atoms with Gasteiger partial charge in [0, 0.05) is 23.5 Å². The van der Waals surface area contributed by atoms with E-state index in [1.165, 1.54) is 0 Å². The van der Waals surface area contributed by atoms with Crippen LogP contribution < -0.4 is 9.47 Å². The summed E-state index contributed by atoms with van der Waals surface area (Å²) in [6, 6.07) is 11.1. The van der Waals surface area contributed by atoms with Crippen LogP contribution in [0, 0.1) is 0 Å². The van der Waals surface area contributed by atoms with Gasteiger partial charge < -0.3 is 13.9 Å². The Hall–Kier alpha value is -2.20. The molecule has 1 aromatic carbocycles. The van der Waals surface area contributed by atoms with Gasteiger partial charge in [-0.25, -0.2) is 4.98 Å². The minimum Gasteiger partial charge on any atom is -0.497 e. The first-order valence-corrected chi connectivity index (χ1v) is 6.52. The van der Waals surface area contributed by atoms with Crippen LogP contribution in [0.25, 0.3) is 5.65 Å². The van der Waals surface area contributed by atoms with Crippen LogP contribution in [0.2, 0.25) is 5.02 Å². The van der Waals surface area contributed by atoms with Gasteiger partial charge in [0.1, 0.15) is 23.8 Å². The Labute approximate surface area is 121 Å². The molecule has 4 nitrogen and oxygen atoms in total. The molecule has 0 atom stereocenters. The van der Waals surface area contributed by atoms with Crippen molar-refractivity contribution in [2.75, 3.05) is 7.11 Å². The van der Waals surface area contributed by atoms with E-state index in [9.17, 15) is 0 Å². The number of nitrogens with zero attached hydrogens (tertiary/aromatic N) is 2. The SMILES string of the molecule is COc1cccc(OCc2cn3ccc(Cl)cc3n2)c1. The number of pyridine rings is 1. The second kappa shape index (κ2) is 5.43. The van der Waals surface area contributed by atoms with Crippen LogP contribution in [0.5, 0.6) is 11.5 Å². The number of halogens is 1. The molecule has 3 aromatic rings. The number of fused-ring (bicyclic) bond motifs is 1. The molecule has 0 unspecified atom stereocenters. The molecule has 3 rings (SSSR count). The average molecular weight is 289 g/mol. The fourth-order valence-corrected chi connectivity index (χ4v) is 2.08. The number of ether oxygens (including phenoxy) is 2. The molecule has 0 saturated heterocycles. The summed E-state index contributed by atoms with van der Waals surface area (Å²) in [5.41, 5.74) is 1.65. The van der Waals surface area contributed by atoms with Crippen molar-refractivity contribution in [2.24, 2.45) is 0 Å². The lowest BCUT2D eigenvalue weighted by molar-refractivity contribution is 0.299. The van der Waals surface area contributed by atoms with Gasteiger partial charge in [0.05, 0.1) is 12.8 Å². The minimum absolute atomic E-state index is 0.395. The minimum atomic E-state index is 0.395. The van der Waals surface area contributed by atoms with Crippen molar-refractivity contribution in [3.05, 3.63) is 59.5 Å². The van der Waals surface area contributed by atoms with Gasteiger partial charge in [-0.3, -0.25) is 0 Å². The molecule has 2 aromatic heterocycles. The molecule has 5 heteroatoms. The van der Waals surface area contributed by atoms with Crippen molar-refractivity contribution in [1.29, 1.82) is 0 Å². The van der Waals surface area contributed by atoms with Gasteiger partial charge in [0.2, 0.25) is 0 Å². The van der Waals surface area contributed by atoms with Gasteiger partial charge in [-0.05, 0) is 24.3 Å². The summed E-state index contributed by atoms with van der Waals surface area (Å²) >= 11 is 5.94. The van der Waals surface area contributed by atoms with E-state index in [1.54, 1.807) is 7.11 Å². The van der Waals surface area contributed by atoms with E-state index in [2.05, 4.69) is 4.98 Å². The summed E-state index contributed by atoms with van der Waals surface area (Å²) < 4.78 is 12.8. The second-order valence-electron chi connectivity index (χ2n) is 4.31. The van der Waals surface area contributed by atoms with E-state index in [0.717, 1.165) is 22.8 Å². The molecular formula is C15H13ClN2O2. The van der Waals surface area contributed by atoms with Gasteiger partial charge in [0.15, 0.2) is 0 Å². The Balaban J connectivity index is 1.76. The second-order valence-corrected chi connectivity index (χ2v) is 4.75. The molecule has 2 heterocycles. The predicted molar refractivity (Wildman–Crippen MR) is 77.5 cm³/mol. The Kier molecular flexibility index (Phi) is 3.48. The summed E-state index contributed by atoms with van der Waals surface area (Å²) in [7, 11) is 1.63. The van der Waals surface area contributed by atoms with Crippen LogP contribution in [0.15, 0.2) is 48.8 Å². The maximum atomic E-state index is 5.94. The van der Waals surface area contributed by atoms with Gasteiger partial charge in [-0.1, -0.05) is 17.7 Å². The molecule has 0 bridgehead atoms. The average Bonchev–Trinajstić information content (AvgIpc) is 2.87. The molecule has 0 aliphatic rings. The van der Waals surface area contributed by atoms with Crippen molar-refractivity contribution >= 4 is 17.2 Å². The van der Waals surface area contributed by atoms with E-state index in [1.807, 2.05) is 53.2 Å². The maximum absolute atomic E-state index is 5.94. The number of rotatable bonds is 4. The molecule has 0 fully saturated rings. The lowest BCUT2D eigenvalue weighted by Gasteiger charge is -2.05. The highest BCUT2D eigenvalue weighted by atomic mass is 35.5. The molecule has 0 saturated carbocycles. The highest BCUT2D eigenvalue weighted by Crippen LogP contribution is 2.20. The molecule has 20 heavy (non-hydrogen) atoms. The van der Waals surface area contributed by atoms with Crippen LogP contribution in [0.1, 0.15) is 5.69 Å². The van der Waals surface area contributed by atoms with E-state index < -0.39 is 0 Å². The predicted octanol–water partition coefficient (Wildman–Crippen LogP) is 3.58. The Bertz CT molecular complexity index is 740. The topological polar surface area (TPSA) is 35.8 Å². The lowest BCUT2D eigenvalue weighted by Crippen LogP contribution is -1.95. The summed E-state index contributed by atoms with van der Waals surface area (Å²) in [6.07, 6.45) is 3.80. The first-order valence-electron chi connectivity index (χ1n) is 6.14. The van der Waals surface area contributed by atoms with Crippen LogP contribution >= 0.6 is 11.6 Å². The summed E-state index contributed by atoms with van der Waals surface area (Å²) in [4.78, 5) is 4.45. The third-order valence-corrected chi connectivity index (χ3v) is 3.14. The zero-order valence-electron chi connectivity index (χ0n) is 10.9. The summed E-state index contributed by atoms with van der Waals surface area (Å²) in [5.74, 6) is 1.52. The highest BCUT2D eigenvalue weighted by Gasteiger charge is 2.04. The Morgan fingerprint density at radius 2 is 2.05 bits per heavy atom. The van der Waals surface area contributed by atoms with Gasteiger partial charge in [-0.15, -0.1) is 0 Å². The van der Waals surface area contributed by atoms with Gasteiger partial charge in [-0.2, -0.15) is 0 Å². The van der Waals surface area contributed by atoms with Crippen LogP contribution in [0.3, 0.4) is 0 Å². The number of benzene rings is 1. The van der Waals surface area contributed by atoms with Crippen molar-refractivity contribution in [3.63, 3.8) is 0 Å². The van der Waals surface area contributed by atoms with Crippen molar-refractivity contribution in [1.82, 2.24) is 9.38 Å². The highest BCUT2D eigenvalue weighted by molar-refractivity contribution is 6.30. The molecule has 0 aliphatic carbocycles. The number of aromatic nitrogens is 2. The largest absolute Gasteiger partial charge is 0.497 e. The van der Waals surface area contributed by atoms with Crippen molar-refractivity contribution in [2.45, 2.75) is 6.61 Å². The fourth-order valence-electron chi connectivity index (χ4n) is 1.93. The summed E-state index contributed by atoms with van der Waals surface area (Å²) in [5, 5.41) is 0.670. The van der Waals surface area contributed by atoms with Crippen molar-refractivity contribution < 1.29 is 9.47 Å². The van der Waals surface area contributed by atoms with E-state index in [4.69, 9.17) is 21.1 Å². The van der Waals surface area contributed by atoms with Crippen LogP contribution in [-0.4, -0.2) is 16.5 Å². The standard InChI is InChI=1S/C15H13ClN2O2/c1-19-13-3-2-4-14(8-13)20-10-12-9-18-6-5-11(16)7-15(18)17-12/h2-9H,10H2,1H3. The van der Waals surface area contributed by atoms with E-state index in [0.29, 0.717) is 11.6 Å². The van der Waals surface area contributed by atoms with Gasteiger partial charge >= 0.3 is 0 Å². The lowest BCUT2D eigenvalue weighted by atomic mass is 10.3. The normalized spacial score (nSPS) is 10.7. The van der Waals surface area contributed by atoms with E-state index >= 15 is 0 Å².